The Balaban J connectivity index is 0.812. The van der Waals surface area contributed by atoms with E-state index in [1.54, 1.807) is 30.3 Å². The van der Waals surface area contributed by atoms with Crippen molar-refractivity contribution >= 4 is 62.9 Å². The Morgan fingerprint density at radius 1 is 0.685 bits per heavy atom. The van der Waals surface area contributed by atoms with Crippen LogP contribution in [0.5, 0.6) is 0 Å². The number of benzene rings is 7. The first-order valence-electron chi connectivity index (χ1n) is 24.6. The summed E-state index contributed by atoms with van der Waals surface area (Å²) in [6, 6.07) is 56.4. The summed E-state index contributed by atoms with van der Waals surface area (Å²) >= 11 is 3.54. The number of hydrogen-bond donors (Lipinski definition) is 3. The molecule has 2 heterocycles. The number of halogens is 1. The Labute approximate surface area is 432 Å². The van der Waals surface area contributed by atoms with Gasteiger partial charge in [-0.15, -0.1) is 0 Å². The van der Waals surface area contributed by atoms with Gasteiger partial charge in [-0.05, 0) is 121 Å². The minimum atomic E-state index is -0.466. The maximum Gasteiger partial charge on any atom is 0.414 e. The number of para-hydroxylation sites is 1. The lowest BCUT2D eigenvalue weighted by molar-refractivity contribution is 0.0891. The molecule has 13 heteroatoms. The van der Waals surface area contributed by atoms with Crippen LogP contribution in [0.4, 0.5) is 38.4 Å². The summed E-state index contributed by atoms with van der Waals surface area (Å²) in [4.78, 5) is 53.7. The standard InChI is InChI=1S/C60H52BrN7O5/c1-62-57(69)51-25-10-11-26-55(51)65-56-54(61)33-63-58(66-56)64-41-29-27-38(28-30-41)34-68(60(71)73-37-53-49-23-8-4-19-45(49)46-20-5-9-24-50(46)53)42-16-12-14-39(32-42)40-15-13-31-67(35-40)59(70)72-36-52-47-21-6-2-17-43(47)44-18-3-7-22-48(44)52/h2-12,14,16-30,32-33,40,52-53H,13,15,31,34-37H2,1H3,(H,62,69)(H2,63,64,65,66). The van der Waals surface area contributed by atoms with Gasteiger partial charge in [0.05, 0.1) is 22.3 Å². The molecule has 3 aliphatic rings. The molecule has 7 aromatic carbocycles. The van der Waals surface area contributed by atoms with Gasteiger partial charge in [0.15, 0.2) is 0 Å². The molecule has 0 bridgehead atoms. The molecular formula is C60H52BrN7O5. The van der Waals surface area contributed by atoms with Crippen molar-refractivity contribution in [1.29, 1.82) is 0 Å². The Bertz CT molecular complexity index is 3280. The molecule has 1 unspecified atom stereocenters. The topological polar surface area (TPSA) is 138 Å². The average molecular weight is 1030 g/mol. The van der Waals surface area contributed by atoms with Crippen molar-refractivity contribution in [3.05, 3.63) is 219 Å². The Morgan fingerprint density at radius 2 is 1.27 bits per heavy atom. The molecule has 1 aromatic heterocycles. The molecule has 8 aromatic rings. The number of rotatable bonds is 13. The van der Waals surface area contributed by atoms with Crippen LogP contribution in [0.15, 0.2) is 181 Å². The van der Waals surface area contributed by atoms with Crippen LogP contribution in [-0.2, 0) is 16.0 Å². The van der Waals surface area contributed by atoms with Crippen LogP contribution in [0, 0.1) is 0 Å². The van der Waals surface area contributed by atoms with E-state index < -0.39 is 6.09 Å². The highest BCUT2D eigenvalue weighted by Crippen LogP contribution is 2.46. The maximum atomic E-state index is 14.6. The van der Waals surface area contributed by atoms with Gasteiger partial charge < -0.3 is 30.3 Å². The minimum Gasteiger partial charge on any atom is -0.448 e. The van der Waals surface area contributed by atoms with Gasteiger partial charge in [-0.1, -0.05) is 133 Å². The Hall–Kier alpha value is -8.29. The smallest absolute Gasteiger partial charge is 0.414 e. The zero-order valence-electron chi connectivity index (χ0n) is 40.1. The molecule has 1 fully saturated rings. The van der Waals surface area contributed by atoms with Crippen molar-refractivity contribution in [2.45, 2.75) is 37.1 Å². The van der Waals surface area contributed by atoms with E-state index in [-0.39, 0.29) is 49.5 Å². The third-order valence-electron chi connectivity index (χ3n) is 14.2. The molecule has 3 N–H and O–H groups in total. The minimum absolute atomic E-state index is 0.0198. The van der Waals surface area contributed by atoms with Gasteiger partial charge in [-0.2, -0.15) is 4.98 Å². The van der Waals surface area contributed by atoms with Crippen molar-refractivity contribution in [3.63, 3.8) is 0 Å². The number of ether oxygens (including phenoxy) is 2. The number of hydrogen-bond acceptors (Lipinski definition) is 9. The number of amides is 3. The fourth-order valence-corrected chi connectivity index (χ4v) is 10.8. The second-order valence-electron chi connectivity index (χ2n) is 18.5. The van der Waals surface area contributed by atoms with Crippen LogP contribution >= 0.6 is 15.9 Å². The number of likely N-dealkylation sites (tertiary alicyclic amines) is 1. The van der Waals surface area contributed by atoms with E-state index in [1.807, 2.05) is 89.8 Å². The normalized spacial score (nSPS) is 14.5. The summed E-state index contributed by atoms with van der Waals surface area (Å²) in [5.74, 6) is 0.501. The van der Waals surface area contributed by atoms with Crippen LogP contribution in [0.1, 0.15) is 74.3 Å². The van der Waals surface area contributed by atoms with Crippen molar-refractivity contribution < 1.29 is 23.9 Å². The number of nitrogens with zero attached hydrogens (tertiary/aromatic N) is 4. The number of carbonyl (C=O) groups excluding carboxylic acids is 3. The van der Waals surface area contributed by atoms with E-state index in [0.717, 1.165) is 51.9 Å². The summed E-state index contributed by atoms with van der Waals surface area (Å²) in [6.45, 7) is 1.78. The van der Waals surface area contributed by atoms with Crippen LogP contribution in [0.3, 0.4) is 0 Å². The molecule has 0 radical (unpaired) electrons. The summed E-state index contributed by atoms with van der Waals surface area (Å²) in [5, 5.41) is 9.22. The van der Waals surface area contributed by atoms with E-state index in [4.69, 9.17) is 14.5 Å². The second kappa shape index (κ2) is 20.8. The highest BCUT2D eigenvalue weighted by atomic mass is 79.9. The number of aromatic nitrogens is 2. The van der Waals surface area contributed by atoms with Gasteiger partial charge in [0.25, 0.3) is 5.91 Å². The number of fused-ring (bicyclic) bond motifs is 6. The van der Waals surface area contributed by atoms with E-state index in [9.17, 15) is 14.4 Å². The van der Waals surface area contributed by atoms with Gasteiger partial charge in [0, 0.05) is 55.5 Å². The molecule has 3 amide bonds. The van der Waals surface area contributed by atoms with E-state index in [2.05, 4.69) is 110 Å². The Kier molecular flexibility index (Phi) is 13.4. The van der Waals surface area contributed by atoms with Crippen LogP contribution in [-0.4, -0.2) is 66.3 Å². The van der Waals surface area contributed by atoms with E-state index in [1.165, 1.54) is 22.3 Å². The van der Waals surface area contributed by atoms with Crippen molar-refractivity contribution in [2.24, 2.45) is 0 Å². The SMILES string of the molecule is CNC(=O)c1ccccc1Nc1nc(Nc2ccc(CN(C(=O)OCC3c4ccccc4-c4ccccc43)c3cccc(C4CCCN(C(=O)OCC5c6ccccc6-c6ccccc65)C4)c3)cc2)ncc1Br. The lowest BCUT2D eigenvalue weighted by Gasteiger charge is -2.33. The second-order valence-corrected chi connectivity index (χ2v) is 19.4. The maximum absolute atomic E-state index is 14.6. The highest BCUT2D eigenvalue weighted by Gasteiger charge is 2.33. The largest absolute Gasteiger partial charge is 0.448 e. The number of anilines is 5. The lowest BCUT2D eigenvalue weighted by Crippen LogP contribution is -2.40. The molecule has 0 saturated carbocycles. The van der Waals surface area contributed by atoms with Crippen LogP contribution < -0.4 is 20.9 Å². The summed E-state index contributed by atoms with van der Waals surface area (Å²) in [5.41, 5.74) is 13.7. The van der Waals surface area contributed by atoms with Crippen molar-refractivity contribution in [1.82, 2.24) is 20.2 Å². The molecule has 1 atom stereocenters. The van der Waals surface area contributed by atoms with E-state index in [0.29, 0.717) is 46.3 Å². The molecule has 2 aliphatic carbocycles. The third kappa shape index (κ3) is 9.75. The lowest BCUT2D eigenvalue weighted by atomic mass is 9.90. The van der Waals surface area contributed by atoms with Gasteiger partial charge in [0.2, 0.25) is 5.95 Å². The molecule has 11 rings (SSSR count). The summed E-state index contributed by atoms with van der Waals surface area (Å²) in [6.07, 6.45) is 2.57. The summed E-state index contributed by atoms with van der Waals surface area (Å²) in [7, 11) is 1.59. The number of nitrogens with one attached hydrogen (secondary N) is 3. The van der Waals surface area contributed by atoms with Crippen molar-refractivity contribution in [3.8, 4) is 22.3 Å². The zero-order chi connectivity index (χ0) is 49.8. The van der Waals surface area contributed by atoms with Gasteiger partial charge in [-0.25, -0.2) is 14.6 Å². The Morgan fingerprint density at radius 3 is 1.90 bits per heavy atom. The first kappa shape index (κ1) is 47.1. The van der Waals surface area contributed by atoms with Crippen molar-refractivity contribution in [2.75, 3.05) is 48.9 Å². The molecule has 1 saturated heterocycles. The average Bonchev–Trinajstić information content (AvgIpc) is 3.94. The molecule has 1 aliphatic heterocycles. The van der Waals surface area contributed by atoms with Gasteiger partial charge in [-0.3, -0.25) is 9.69 Å². The van der Waals surface area contributed by atoms with Crippen LogP contribution in [0.2, 0.25) is 0 Å². The predicted molar refractivity (Wildman–Crippen MR) is 289 cm³/mol. The fraction of sp³-hybridized carbons (Fsp3) is 0.183. The van der Waals surface area contributed by atoms with Gasteiger partial charge in [0.1, 0.15) is 19.0 Å². The molecular weight excluding hydrogens is 979 g/mol. The molecule has 73 heavy (non-hydrogen) atoms. The fourth-order valence-electron chi connectivity index (χ4n) is 10.6. The highest BCUT2D eigenvalue weighted by molar-refractivity contribution is 9.10. The first-order valence-corrected chi connectivity index (χ1v) is 25.4. The predicted octanol–water partition coefficient (Wildman–Crippen LogP) is 13.2. The first-order chi connectivity index (χ1) is 35.8. The third-order valence-corrected chi connectivity index (χ3v) is 14.8. The number of piperidine rings is 1. The quantitative estimate of drug-likeness (QED) is 0.103. The zero-order valence-corrected chi connectivity index (χ0v) is 41.7. The number of carbonyl (C=O) groups is 3. The van der Waals surface area contributed by atoms with Crippen LogP contribution in [0.25, 0.3) is 22.3 Å². The molecule has 12 nitrogen and oxygen atoms in total. The van der Waals surface area contributed by atoms with Gasteiger partial charge >= 0.3 is 12.2 Å². The monoisotopic (exact) mass is 1030 g/mol. The molecule has 364 valence electrons. The summed E-state index contributed by atoms with van der Waals surface area (Å²) < 4.78 is 13.1. The molecule has 0 spiro atoms. The van der Waals surface area contributed by atoms with E-state index >= 15 is 0 Å².